The van der Waals surface area contributed by atoms with Crippen LogP contribution in [-0.2, 0) is 4.74 Å². The van der Waals surface area contributed by atoms with Crippen LogP contribution in [0.4, 0.5) is 10.8 Å². The molecule has 1 atom stereocenters. The molecule has 2 aromatic rings. The van der Waals surface area contributed by atoms with Crippen molar-refractivity contribution in [2.45, 2.75) is 29.7 Å². The van der Waals surface area contributed by atoms with Crippen LogP contribution in [0.3, 0.4) is 0 Å². The van der Waals surface area contributed by atoms with Crippen molar-refractivity contribution in [1.82, 2.24) is 10.2 Å². The lowest BCUT2D eigenvalue weighted by Crippen LogP contribution is -2.21. The molecule has 1 aromatic heterocycles. The molecule has 1 N–H and O–H groups in total. The Labute approximate surface area is 127 Å². The number of aromatic nitrogens is 2. The van der Waals surface area contributed by atoms with Gasteiger partial charge in [0, 0.05) is 18.0 Å². The Morgan fingerprint density at radius 1 is 1.25 bits per heavy atom. The largest absolute Gasteiger partial charge is 0.377 e. The Bertz CT molecular complexity index is 526. The molecular weight excluding hydrogens is 290 g/mol. The van der Waals surface area contributed by atoms with Gasteiger partial charge in [0.05, 0.1) is 6.10 Å². The van der Waals surface area contributed by atoms with Gasteiger partial charge in [-0.1, -0.05) is 41.3 Å². The van der Waals surface area contributed by atoms with Crippen LogP contribution in [0.25, 0.3) is 0 Å². The van der Waals surface area contributed by atoms with Crippen LogP contribution in [0.1, 0.15) is 19.3 Å². The molecule has 1 fully saturated rings. The van der Waals surface area contributed by atoms with Gasteiger partial charge < -0.3 is 10.1 Å². The second-order valence-corrected chi connectivity index (χ2v) is 6.91. The lowest BCUT2D eigenvalue weighted by Gasteiger charge is -2.21. The smallest absolute Gasteiger partial charge is 0.210 e. The highest BCUT2D eigenvalue weighted by molar-refractivity contribution is 8.01. The Hall–Kier alpha value is -1.11. The van der Waals surface area contributed by atoms with E-state index in [0.29, 0.717) is 6.10 Å². The number of benzene rings is 1. The third kappa shape index (κ3) is 3.94. The van der Waals surface area contributed by atoms with E-state index in [4.69, 9.17) is 4.74 Å². The van der Waals surface area contributed by atoms with E-state index in [9.17, 15) is 0 Å². The standard InChI is InChI=1S/C14H17N3OS2/c1-2-6-11(7-3-1)15-13-16-17-14(20-13)19-10-12-8-4-5-9-18-12/h1-3,6-7,12H,4-5,8-10H2,(H,15,16)/t12-/m0/s1. The van der Waals surface area contributed by atoms with Crippen molar-refractivity contribution >= 4 is 33.9 Å². The van der Waals surface area contributed by atoms with Crippen LogP contribution < -0.4 is 5.32 Å². The van der Waals surface area contributed by atoms with Crippen molar-refractivity contribution in [1.29, 1.82) is 0 Å². The first kappa shape index (κ1) is 13.9. The number of thioether (sulfide) groups is 1. The molecule has 3 rings (SSSR count). The van der Waals surface area contributed by atoms with E-state index in [-0.39, 0.29) is 0 Å². The van der Waals surface area contributed by atoms with Gasteiger partial charge in [0.25, 0.3) is 0 Å². The van der Waals surface area contributed by atoms with Crippen LogP contribution in [0.2, 0.25) is 0 Å². The zero-order valence-electron chi connectivity index (χ0n) is 11.1. The summed E-state index contributed by atoms with van der Waals surface area (Å²) in [6.45, 7) is 0.905. The number of para-hydroxylation sites is 1. The van der Waals surface area contributed by atoms with Crippen molar-refractivity contribution in [3.63, 3.8) is 0 Å². The quantitative estimate of drug-likeness (QED) is 0.848. The molecule has 1 aliphatic heterocycles. The molecule has 1 aliphatic rings. The molecule has 0 radical (unpaired) electrons. The summed E-state index contributed by atoms with van der Waals surface area (Å²) in [6.07, 6.45) is 4.02. The van der Waals surface area contributed by atoms with E-state index in [0.717, 1.165) is 27.5 Å². The second-order valence-electron chi connectivity index (χ2n) is 4.66. The lowest BCUT2D eigenvalue weighted by atomic mass is 10.1. The molecule has 20 heavy (non-hydrogen) atoms. The van der Waals surface area contributed by atoms with Gasteiger partial charge in [0.15, 0.2) is 4.34 Å². The van der Waals surface area contributed by atoms with E-state index in [2.05, 4.69) is 15.5 Å². The van der Waals surface area contributed by atoms with Crippen LogP contribution >= 0.6 is 23.1 Å². The Morgan fingerprint density at radius 3 is 2.95 bits per heavy atom. The molecule has 2 heterocycles. The van der Waals surface area contributed by atoms with Crippen molar-refractivity contribution in [2.24, 2.45) is 0 Å². The van der Waals surface area contributed by atoms with Crippen LogP contribution in [-0.4, -0.2) is 28.7 Å². The highest BCUT2D eigenvalue weighted by Gasteiger charge is 2.15. The SMILES string of the molecule is c1ccc(Nc2nnc(SC[C@@H]3CCCCO3)s2)cc1. The average Bonchev–Trinajstić information content (AvgIpc) is 2.95. The van der Waals surface area contributed by atoms with Crippen molar-refractivity contribution < 1.29 is 4.74 Å². The van der Waals surface area contributed by atoms with Gasteiger partial charge in [-0.25, -0.2) is 0 Å². The Morgan fingerprint density at radius 2 is 2.15 bits per heavy atom. The normalized spacial score (nSPS) is 18.9. The fraction of sp³-hybridized carbons (Fsp3) is 0.429. The van der Waals surface area contributed by atoms with E-state index in [1.807, 2.05) is 30.3 Å². The van der Waals surface area contributed by atoms with Crippen molar-refractivity contribution in [3.8, 4) is 0 Å². The number of anilines is 2. The summed E-state index contributed by atoms with van der Waals surface area (Å²) in [6, 6.07) is 10.0. The summed E-state index contributed by atoms with van der Waals surface area (Å²) in [5.41, 5.74) is 1.04. The monoisotopic (exact) mass is 307 g/mol. The van der Waals surface area contributed by atoms with Crippen LogP contribution in [0.5, 0.6) is 0 Å². The van der Waals surface area contributed by atoms with Gasteiger partial charge in [0.1, 0.15) is 0 Å². The Balaban J connectivity index is 1.51. The molecule has 1 aromatic carbocycles. The molecule has 106 valence electrons. The summed E-state index contributed by atoms with van der Waals surface area (Å²) >= 11 is 3.33. The highest BCUT2D eigenvalue weighted by Crippen LogP contribution is 2.29. The van der Waals surface area contributed by atoms with Gasteiger partial charge in [-0.3, -0.25) is 0 Å². The first-order valence-electron chi connectivity index (χ1n) is 6.80. The first-order chi connectivity index (χ1) is 9.90. The van der Waals surface area contributed by atoms with E-state index in [1.165, 1.54) is 19.3 Å². The second kappa shape index (κ2) is 7.06. The van der Waals surface area contributed by atoms with Gasteiger partial charge >= 0.3 is 0 Å². The number of nitrogens with zero attached hydrogens (tertiary/aromatic N) is 2. The highest BCUT2D eigenvalue weighted by atomic mass is 32.2. The molecule has 0 spiro atoms. The summed E-state index contributed by atoms with van der Waals surface area (Å²) in [7, 11) is 0. The summed E-state index contributed by atoms with van der Waals surface area (Å²) in [4.78, 5) is 0. The number of nitrogens with one attached hydrogen (secondary N) is 1. The van der Waals surface area contributed by atoms with Crippen molar-refractivity contribution in [3.05, 3.63) is 30.3 Å². The Kier molecular flexibility index (Phi) is 4.89. The minimum atomic E-state index is 0.378. The molecule has 4 nitrogen and oxygen atoms in total. The summed E-state index contributed by atoms with van der Waals surface area (Å²) < 4.78 is 6.72. The maximum atomic E-state index is 5.72. The number of ether oxygens (including phenoxy) is 1. The van der Waals surface area contributed by atoms with Gasteiger partial charge in [-0.05, 0) is 31.4 Å². The zero-order valence-corrected chi connectivity index (χ0v) is 12.8. The maximum Gasteiger partial charge on any atom is 0.210 e. The molecule has 0 saturated carbocycles. The first-order valence-corrected chi connectivity index (χ1v) is 8.60. The van der Waals surface area contributed by atoms with E-state index < -0.39 is 0 Å². The van der Waals surface area contributed by atoms with Gasteiger partial charge in [-0.2, -0.15) is 0 Å². The fourth-order valence-electron chi connectivity index (χ4n) is 2.07. The summed E-state index contributed by atoms with van der Waals surface area (Å²) in [5.74, 6) is 0.972. The zero-order chi connectivity index (χ0) is 13.6. The molecule has 0 amide bonds. The van der Waals surface area contributed by atoms with Crippen molar-refractivity contribution in [2.75, 3.05) is 17.7 Å². The molecule has 0 aliphatic carbocycles. The predicted molar refractivity (Wildman–Crippen MR) is 83.9 cm³/mol. The van der Waals surface area contributed by atoms with Crippen LogP contribution in [0, 0.1) is 0 Å². The number of hydrogen-bond donors (Lipinski definition) is 1. The average molecular weight is 307 g/mol. The molecule has 1 saturated heterocycles. The minimum absolute atomic E-state index is 0.378. The number of rotatable bonds is 5. The van der Waals surface area contributed by atoms with E-state index >= 15 is 0 Å². The molecule has 0 bridgehead atoms. The minimum Gasteiger partial charge on any atom is -0.377 e. The topological polar surface area (TPSA) is 47.0 Å². The summed E-state index contributed by atoms with van der Waals surface area (Å²) in [5, 5.41) is 12.5. The maximum absolute atomic E-state index is 5.72. The fourth-order valence-corrected chi connectivity index (χ4v) is 3.93. The van der Waals surface area contributed by atoms with Gasteiger partial charge in [0.2, 0.25) is 5.13 Å². The third-order valence-electron chi connectivity index (χ3n) is 3.10. The molecule has 0 unspecified atom stereocenters. The lowest BCUT2D eigenvalue weighted by molar-refractivity contribution is 0.0315. The van der Waals surface area contributed by atoms with Crippen LogP contribution in [0.15, 0.2) is 34.7 Å². The number of hydrogen-bond acceptors (Lipinski definition) is 6. The molecular formula is C14H17N3OS2. The van der Waals surface area contributed by atoms with E-state index in [1.54, 1.807) is 23.1 Å². The third-order valence-corrected chi connectivity index (χ3v) is 5.20. The molecule has 6 heteroatoms. The van der Waals surface area contributed by atoms with Gasteiger partial charge in [-0.15, -0.1) is 10.2 Å². The predicted octanol–water partition coefficient (Wildman–Crippen LogP) is 3.94.